The Morgan fingerprint density at radius 1 is 1.08 bits per heavy atom. The molecule has 2 aromatic heterocycles. The molecule has 26 heavy (non-hydrogen) atoms. The predicted octanol–water partition coefficient (Wildman–Crippen LogP) is 5.33. The highest BCUT2D eigenvalue weighted by Gasteiger charge is 2.32. The van der Waals surface area contributed by atoms with E-state index in [9.17, 15) is 8.78 Å². The monoisotopic (exact) mass is 377 g/mol. The zero-order chi connectivity index (χ0) is 18.4. The number of halogens is 2. The number of hydrogen-bond acceptors (Lipinski definition) is 4. The first kappa shape index (κ1) is 17.5. The fourth-order valence-corrected chi connectivity index (χ4v) is 4.24. The maximum absolute atomic E-state index is 13.7. The third-order valence-corrected chi connectivity index (χ3v) is 5.64. The first-order valence-corrected chi connectivity index (χ1v) is 9.71. The van der Waals surface area contributed by atoms with Crippen LogP contribution in [0.2, 0.25) is 0 Å². The number of hydrogen-bond donors (Lipinski definition) is 0. The molecule has 1 aliphatic carbocycles. The molecule has 2 heterocycles. The minimum atomic E-state index is -2.63. The van der Waals surface area contributed by atoms with E-state index in [1.165, 1.54) is 11.8 Å². The summed E-state index contributed by atoms with van der Waals surface area (Å²) in [4.78, 5) is 4.47. The summed E-state index contributed by atoms with van der Waals surface area (Å²) in [5.74, 6) is 1.60. The van der Waals surface area contributed by atoms with E-state index in [2.05, 4.69) is 33.6 Å². The van der Waals surface area contributed by atoms with Gasteiger partial charge in [0.15, 0.2) is 5.16 Å². The predicted molar refractivity (Wildman–Crippen MR) is 97.6 cm³/mol. The molecule has 0 N–H and O–H groups in total. The zero-order valence-corrected chi connectivity index (χ0v) is 15.7. The summed E-state index contributed by atoms with van der Waals surface area (Å²) in [5, 5.41) is 9.21. The van der Waals surface area contributed by atoms with Gasteiger partial charge in [0.1, 0.15) is 11.6 Å². The third-order valence-electron chi connectivity index (χ3n) is 4.58. The van der Waals surface area contributed by atoms with Crippen molar-refractivity contribution in [2.75, 3.05) is 0 Å². The van der Waals surface area contributed by atoms with Gasteiger partial charge >= 0.3 is 6.55 Å². The van der Waals surface area contributed by atoms with Gasteiger partial charge in [0, 0.05) is 12.0 Å². The van der Waals surface area contributed by atoms with Gasteiger partial charge in [-0.15, -0.1) is 10.2 Å². The molecule has 138 valence electrons. The van der Waals surface area contributed by atoms with Gasteiger partial charge in [-0.05, 0) is 31.9 Å². The quantitative estimate of drug-likeness (QED) is 0.545. The van der Waals surface area contributed by atoms with Crippen LogP contribution in [0.1, 0.15) is 69.0 Å². The van der Waals surface area contributed by atoms with E-state index in [0.29, 0.717) is 22.9 Å². The van der Waals surface area contributed by atoms with Crippen LogP contribution in [0.15, 0.2) is 29.4 Å². The van der Waals surface area contributed by atoms with Crippen LogP contribution < -0.4 is 0 Å². The summed E-state index contributed by atoms with van der Waals surface area (Å²) in [5.41, 5.74) is 1.04. The van der Waals surface area contributed by atoms with E-state index >= 15 is 0 Å². The Morgan fingerprint density at radius 3 is 2.46 bits per heavy atom. The minimum absolute atomic E-state index is 0.266. The van der Waals surface area contributed by atoms with Crippen molar-refractivity contribution in [2.24, 2.45) is 0 Å². The number of fused-ring (bicyclic) bond motifs is 1. The minimum Gasteiger partial charge on any atom is -0.303 e. The fourth-order valence-electron chi connectivity index (χ4n) is 3.20. The first-order valence-electron chi connectivity index (χ1n) is 8.83. The second-order valence-electron chi connectivity index (χ2n) is 6.96. The molecule has 4 rings (SSSR count). The van der Waals surface area contributed by atoms with Crippen LogP contribution in [0.3, 0.4) is 0 Å². The number of thioether (sulfide) groups is 1. The Kier molecular flexibility index (Phi) is 4.46. The van der Waals surface area contributed by atoms with Gasteiger partial charge in [-0.25, -0.2) is 4.98 Å². The molecular formula is C18H21F2N5S. The molecule has 5 nitrogen and oxygen atoms in total. The molecule has 3 aromatic rings. The Balaban J connectivity index is 1.70. The fraction of sp³-hybridized carbons (Fsp3) is 0.500. The standard InChI is InChI=1S/C18H21F2N5S/c1-10(2)15-22-23-18(24(15)12-8-9-12)26-11(3)16-21-13-6-4-5-7-14(13)25(16)17(19)20/h4-7,10-12,17H,8-9H2,1-3H3. The molecule has 1 aromatic carbocycles. The highest BCUT2D eigenvalue weighted by Crippen LogP contribution is 2.43. The van der Waals surface area contributed by atoms with Crippen molar-refractivity contribution >= 4 is 22.8 Å². The van der Waals surface area contributed by atoms with Gasteiger partial charge in [-0.1, -0.05) is 37.7 Å². The lowest BCUT2D eigenvalue weighted by atomic mass is 10.2. The number of benzene rings is 1. The van der Waals surface area contributed by atoms with E-state index < -0.39 is 6.55 Å². The molecule has 0 spiro atoms. The molecule has 8 heteroatoms. The Bertz CT molecular complexity index is 929. The van der Waals surface area contributed by atoms with Crippen LogP contribution in [0.25, 0.3) is 11.0 Å². The number of nitrogens with zero attached hydrogens (tertiary/aromatic N) is 5. The van der Waals surface area contributed by atoms with Crippen molar-refractivity contribution in [1.29, 1.82) is 0 Å². The van der Waals surface area contributed by atoms with Crippen LogP contribution in [0, 0.1) is 0 Å². The molecule has 1 atom stereocenters. The number of rotatable bonds is 6. The van der Waals surface area contributed by atoms with E-state index in [-0.39, 0.29) is 11.2 Å². The van der Waals surface area contributed by atoms with Crippen molar-refractivity contribution in [2.45, 2.75) is 62.5 Å². The lowest BCUT2D eigenvalue weighted by Gasteiger charge is -2.15. The van der Waals surface area contributed by atoms with Crippen LogP contribution in [0.4, 0.5) is 8.78 Å². The average molecular weight is 377 g/mol. The largest absolute Gasteiger partial charge is 0.320 e. The van der Waals surface area contributed by atoms with Crippen LogP contribution in [-0.2, 0) is 0 Å². The molecule has 1 saturated carbocycles. The lowest BCUT2D eigenvalue weighted by molar-refractivity contribution is 0.0715. The Hall–Kier alpha value is -1.96. The van der Waals surface area contributed by atoms with E-state index in [1.54, 1.807) is 18.2 Å². The topological polar surface area (TPSA) is 48.5 Å². The zero-order valence-electron chi connectivity index (χ0n) is 14.9. The maximum Gasteiger partial charge on any atom is 0.320 e. The summed E-state index contributed by atoms with van der Waals surface area (Å²) < 4.78 is 30.6. The molecule has 1 fully saturated rings. The number of aromatic nitrogens is 5. The van der Waals surface area contributed by atoms with Crippen molar-refractivity contribution < 1.29 is 8.78 Å². The highest BCUT2D eigenvalue weighted by molar-refractivity contribution is 7.99. The van der Waals surface area contributed by atoms with Gasteiger partial charge in [-0.2, -0.15) is 8.78 Å². The van der Waals surface area contributed by atoms with Crippen LogP contribution in [-0.4, -0.2) is 24.3 Å². The molecule has 0 saturated heterocycles. The molecule has 1 aliphatic rings. The van der Waals surface area contributed by atoms with Crippen molar-refractivity contribution in [3.63, 3.8) is 0 Å². The lowest BCUT2D eigenvalue weighted by Crippen LogP contribution is -2.08. The molecular weight excluding hydrogens is 356 g/mol. The van der Waals surface area contributed by atoms with Crippen molar-refractivity contribution in [3.05, 3.63) is 35.9 Å². The average Bonchev–Trinajstić information content (AvgIpc) is 3.22. The molecule has 0 bridgehead atoms. The summed E-state index contributed by atoms with van der Waals surface area (Å²) in [7, 11) is 0. The van der Waals surface area contributed by atoms with Gasteiger partial charge in [0.05, 0.1) is 16.3 Å². The second-order valence-corrected chi connectivity index (χ2v) is 8.27. The van der Waals surface area contributed by atoms with Crippen molar-refractivity contribution in [3.8, 4) is 0 Å². The van der Waals surface area contributed by atoms with Gasteiger partial charge in [0.2, 0.25) is 0 Å². The summed E-state index contributed by atoms with van der Waals surface area (Å²) >= 11 is 1.45. The van der Waals surface area contributed by atoms with Gasteiger partial charge in [0.25, 0.3) is 0 Å². The van der Waals surface area contributed by atoms with Crippen LogP contribution in [0.5, 0.6) is 0 Å². The highest BCUT2D eigenvalue weighted by atomic mass is 32.2. The van der Waals surface area contributed by atoms with Gasteiger partial charge in [-0.3, -0.25) is 4.57 Å². The number of imidazole rings is 1. The number of para-hydroxylation sites is 2. The Morgan fingerprint density at radius 2 is 1.81 bits per heavy atom. The molecule has 0 amide bonds. The second kappa shape index (κ2) is 6.64. The SMILES string of the molecule is CC(C)c1nnc(SC(C)c2nc3ccccc3n2C(F)F)n1C1CC1. The molecule has 0 aliphatic heterocycles. The smallest absolute Gasteiger partial charge is 0.303 e. The maximum atomic E-state index is 13.7. The van der Waals surface area contributed by atoms with E-state index in [0.717, 1.165) is 28.4 Å². The van der Waals surface area contributed by atoms with Crippen molar-refractivity contribution in [1.82, 2.24) is 24.3 Å². The number of alkyl halides is 2. The van der Waals surface area contributed by atoms with Crippen LogP contribution >= 0.6 is 11.8 Å². The Labute approximate surface area is 154 Å². The van der Waals surface area contributed by atoms with E-state index in [1.807, 2.05) is 13.0 Å². The van der Waals surface area contributed by atoms with E-state index in [4.69, 9.17) is 0 Å². The molecule has 0 radical (unpaired) electrons. The molecule has 1 unspecified atom stereocenters. The normalized spacial score (nSPS) is 16.1. The summed E-state index contributed by atoms with van der Waals surface area (Å²) in [6, 6.07) is 7.44. The van der Waals surface area contributed by atoms with Gasteiger partial charge < -0.3 is 4.57 Å². The summed E-state index contributed by atoms with van der Waals surface area (Å²) in [6.45, 7) is 3.45. The summed E-state index contributed by atoms with van der Waals surface area (Å²) in [6.07, 6.45) is 2.24. The third kappa shape index (κ3) is 3.00. The first-order chi connectivity index (χ1) is 12.5.